The van der Waals surface area contributed by atoms with Crippen LogP contribution < -0.4 is 9.47 Å². The molecule has 0 bridgehead atoms. The average Bonchev–Trinajstić information content (AvgIpc) is 3.08. The molecular weight excluding hydrogens is 538 g/mol. The number of benzene rings is 3. The van der Waals surface area contributed by atoms with Crippen LogP contribution in [-0.4, -0.2) is 29.2 Å². The van der Waals surface area contributed by atoms with E-state index in [1.54, 1.807) is 12.1 Å². The molecule has 1 fully saturated rings. The molecule has 0 saturated carbocycles. The number of carbonyl (C=O) groups excluding carboxylic acids is 2. The number of amides is 2. The molecule has 0 spiro atoms. The summed E-state index contributed by atoms with van der Waals surface area (Å²) in [5, 5.41) is 0.299. The molecule has 5 nitrogen and oxygen atoms in total. The molecule has 174 valence electrons. The van der Waals surface area contributed by atoms with E-state index in [4.69, 9.17) is 21.1 Å². The fourth-order valence-electron chi connectivity index (χ4n) is 3.26. The maximum atomic E-state index is 12.9. The first-order valence-electron chi connectivity index (χ1n) is 10.5. The second-order valence-corrected chi connectivity index (χ2v) is 9.87. The van der Waals surface area contributed by atoms with E-state index in [1.165, 1.54) is 4.90 Å². The highest BCUT2D eigenvalue weighted by molar-refractivity contribution is 9.10. The third kappa shape index (κ3) is 6.03. The van der Waals surface area contributed by atoms with E-state index >= 15 is 0 Å². The molecular formula is C26H21BrClNO4S. The van der Waals surface area contributed by atoms with Crippen LogP contribution in [0.3, 0.4) is 0 Å². The van der Waals surface area contributed by atoms with Crippen molar-refractivity contribution in [2.24, 2.45) is 0 Å². The highest BCUT2D eigenvalue weighted by atomic mass is 79.9. The Kier molecular flexibility index (Phi) is 7.98. The molecule has 0 aromatic heterocycles. The van der Waals surface area contributed by atoms with E-state index in [1.807, 2.05) is 67.6 Å². The molecule has 1 aliphatic heterocycles. The number of hydrogen-bond acceptors (Lipinski definition) is 5. The normalized spacial score (nSPS) is 14.7. The van der Waals surface area contributed by atoms with Crippen LogP contribution in [0.4, 0.5) is 4.79 Å². The molecule has 0 N–H and O–H groups in total. The summed E-state index contributed by atoms with van der Waals surface area (Å²) >= 11 is 10.6. The maximum Gasteiger partial charge on any atom is 0.293 e. The summed E-state index contributed by atoms with van der Waals surface area (Å²) in [6.07, 6.45) is 1.68. The minimum absolute atomic E-state index is 0.171. The van der Waals surface area contributed by atoms with Crippen molar-refractivity contribution in [1.82, 2.24) is 4.90 Å². The third-order valence-electron chi connectivity index (χ3n) is 5.08. The van der Waals surface area contributed by atoms with Crippen LogP contribution in [0, 0.1) is 6.92 Å². The average molecular weight is 559 g/mol. The van der Waals surface area contributed by atoms with Crippen LogP contribution in [0.25, 0.3) is 6.08 Å². The van der Waals surface area contributed by atoms with Gasteiger partial charge in [0, 0.05) is 20.6 Å². The highest BCUT2D eigenvalue weighted by Gasteiger charge is 2.35. The Morgan fingerprint density at radius 1 is 1.03 bits per heavy atom. The summed E-state index contributed by atoms with van der Waals surface area (Å²) in [6, 6.07) is 20.6. The second-order valence-electron chi connectivity index (χ2n) is 7.56. The minimum Gasteiger partial charge on any atom is -0.492 e. The van der Waals surface area contributed by atoms with Crippen LogP contribution >= 0.6 is 39.3 Å². The predicted octanol–water partition coefficient (Wildman–Crippen LogP) is 7.11. The highest BCUT2D eigenvalue weighted by Crippen LogP contribution is 2.35. The van der Waals surface area contributed by atoms with Gasteiger partial charge in [-0.1, -0.05) is 63.4 Å². The second kappa shape index (κ2) is 11.1. The quantitative estimate of drug-likeness (QED) is 0.276. The molecule has 4 rings (SSSR count). The standard InChI is InChI=1S/C26H21BrClNO4S/c1-17-6-9-21(10-7-17)32-13-12-29-25(30)24(34-26(29)31)15-19-14-20(27)8-11-23(19)33-16-18-4-2-3-5-22(18)28/h2-11,14-15H,12-13,16H2,1H3/b24-15-. The van der Waals surface area contributed by atoms with Crippen LogP contribution in [0.15, 0.2) is 76.1 Å². The monoisotopic (exact) mass is 557 g/mol. The van der Waals surface area contributed by atoms with Gasteiger partial charge in [-0.25, -0.2) is 0 Å². The largest absolute Gasteiger partial charge is 0.492 e. The van der Waals surface area contributed by atoms with E-state index in [9.17, 15) is 9.59 Å². The lowest BCUT2D eigenvalue weighted by Crippen LogP contribution is -2.32. The maximum absolute atomic E-state index is 12.9. The van der Waals surface area contributed by atoms with Crippen LogP contribution in [-0.2, 0) is 11.4 Å². The molecule has 8 heteroatoms. The summed E-state index contributed by atoms with van der Waals surface area (Å²) in [4.78, 5) is 26.9. The summed E-state index contributed by atoms with van der Waals surface area (Å²) in [5.41, 5.74) is 2.67. The zero-order valence-corrected chi connectivity index (χ0v) is 21.5. The van der Waals surface area contributed by atoms with Gasteiger partial charge in [-0.3, -0.25) is 14.5 Å². The van der Waals surface area contributed by atoms with Crippen molar-refractivity contribution < 1.29 is 19.1 Å². The van der Waals surface area contributed by atoms with Gasteiger partial charge in [0.05, 0.1) is 11.4 Å². The van der Waals surface area contributed by atoms with Gasteiger partial charge < -0.3 is 9.47 Å². The van der Waals surface area contributed by atoms with Crippen molar-refractivity contribution in [2.45, 2.75) is 13.5 Å². The van der Waals surface area contributed by atoms with Crippen molar-refractivity contribution in [3.63, 3.8) is 0 Å². The van der Waals surface area contributed by atoms with E-state index < -0.39 is 0 Å². The molecule has 2 amide bonds. The molecule has 3 aromatic rings. The van der Waals surface area contributed by atoms with E-state index in [2.05, 4.69) is 15.9 Å². The fourth-order valence-corrected chi connectivity index (χ4v) is 4.68. The lowest BCUT2D eigenvalue weighted by atomic mass is 10.1. The zero-order valence-electron chi connectivity index (χ0n) is 18.3. The topological polar surface area (TPSA) is 55.8 Å². The van der Waals surface area contributed by atoms with Gasteiger partial charge in [-0.2, -0.15) is 0 Å². The van der Waals surface area contributed by atoms with Crippen molar-refractivity contribution >= 4 is 56.5 Å². The number of thioether (sulfide) groups is 1. The Morgan fingerprint density at radius 3 is 2.56 bits per heavy atom. The van der Waals surface area contributed by atoms with E-state index in [0.717, 1.165) is 27.4 Å². The van der Waals surface area contributed by atoms with Crippen molar-refractivity contribution in [3.8, 4) is 11.5 Å². The Balaban J connectivity index is 1.45. The van der Waals surface area contributed by atoms with Crippen molar-refractivity contribution in [2.75, 3.05) is 13.2 Å². The number of rotatable bonds is 8. The number of ether oxygens (including phenoxy) is 2. The zero-order chi connectivity index (χ0) is 24.1. The Morgan fingerprint density at radius 2 is 1.79 bits per heavy atom. The summed E-state index contributed by atoms with van der Waals surface area (Å²) in [7, 11) is 0. The number of halogens is 2. The Labute approximate surface area is 215 Å². The molecule has 1 aliphatic rings. The van der Waals surface area contributed by atoms with Crippen LogP contribution in [0.1, 0.15) is 16.7 Å². The van der Waals surface area contributed by atoms with E-state index in [-0.39, 0.29) is 30.9 Å². The molecule has 3 aromatic carbocycles. The summed E-state index contributed by atoms with van der Waals surface area (Å²) < 4.78 is 12.5. The van der Waals surface area contributed by atoms with Gasteiger partial charge in [0.15, 0.2) is 0 Å². The summed E-state index contributed by atoms with van der Waals surface area (Å²) in [6.45, 7) is 2.66. The molecule has 0 radical (unpaired) electrons. The smallest absolute Gasteiger partial charge is 0.293 e. The molecule has 0 aliphatic carbocycles. The molecule has 1 saturated heterocycles. The fraction of sp³-hybridized carbons (Fsp3) is 0.154. The lowest BCUT2D eigenvalue weighted by Gasteiger charge is -2.13. The van der Waals surface area contributed by atoms with Gasteiger partial charge in [0.2, 0.25) is 0 Å². The summed E-state index contributed by atoms with van der Waals surface area (Å²) in [5.74, 6) is 0.930. The van der Waals surface area contributed by atoms with Crippen LogP contribution in [0.2, 0.25) is 5.02 Å². The predicted molar refractivity (Wildman–Crippen MR) is 139 cm³/mol. The minimum atomic E-state index is -0.348. The van der Waals surface area contributed by atoms with Crippen LogP contribution in [0.5, 0.6) is 11.5 Å². The molecule has 0 unspecified atom stereocenters. The van der Waals surface area contributed by atoms with E-state index in [0.29, 0.717) is 27.0 Å². The third-order valence-corrected chi connectivity index (χ3v) is 6.85. The number of aryl methyl sites for hydroxylation is 1. The molecule has 1 heterocycles. The van der Waals surface area contributed by atoms with Crippen molar-refractivity contribution in [3.05, 3.63) is 97.8 Å². The van der Waals surface area contributed by atoms with Gasteiger partial charge >= 0.3 is 0 Å². The number of carbonyl (C=O) groups is 2. The first-order chi connectivity index (χ1) is 16.4. The van der Waals surface area contributed by atoms with Gasteiger partial charge in [0.1, 0.15) is 24.7 Å². The SMILES string of the molecule is Cc1ccc(OCCN2C(=O)S/C(=C\c3cc(Br)ccc3OCc3ccccc3Cl)C2=O)cc1. The molecule has 0 atom stereocenters. The number of nitrogens with zero attached hydrogens (tertiary/aromatic N) is 1. The van der Waals surface area contributed by atoms with Gasteiger partial charge in [-0.15, -0.1) is 0 Å². The molecule has 34 heavy (non-hydrogen) atoms. The van der Waals surface area contributed by atoms with Gasteiger partial charge in [-0.05, 0) is 61.2 Å². The lowest BCUT2D eigenvalue weighted by molar-refractivity contribution is -0.123. The van der Waals surface area contributed by atoms with Gasteiger partial charge in [0.25, 0.3) is 11.1 Å². The Hall–Kier alpha value is -2.74. The Bertz CT molecular complexity index is 1250. The first-order valence-corrected chi connectivity index (χ1v) is 12.5. The number of imide groups is 1. The first kappa shape index (κ1) is 24.4. The number of hydrogen-bond donors (Lipinski definition) is 0. The van der Waals surface area contributed by atoms with Crippen molar-refractivity contribution in [1.29, 1.82) is 0 Å².